The quantitative estimate of drug-likeness (QED) is 0.624. The molecule has 0 saturated carbocycles. The van der Waals surface area contributed by atoms with Crippen LogP contribution in [0.15, 0.2) is 30.5 Å². The summed E-state index contributed by atoms with van der Waals surface area (Å²) in [5, 5.41) is 14.2. The summed E-state index contributed by atoms with van der Waals surface area (Å²) in [4.78, 5) is 9.84. The predicted octanol–water partition coefficient (Wildman–Crippen LogP) is 2.68. The lowest BCUT2D eigenvalue weighted by Crippen LogP contribution is -2.10. The first-order valence-electron chi connectivity index (χ1n) is 5.13. The average Bonchev–Trinajstić information content (AvgIpc) is 2.81. The van der Waals surface area contributed by atoms with Crippen LogP contribution in [0.25, 0.3) is 0 Å². The van der Waals surface area contributed by atoms with Gasteiger partial charge in [0, 0.05) is 5.56 Å². The third-order valence-corrected chi connectivity index (χ3v) is 2.59. The van der Waals surface area contributed by atoms with Gasteiger partial charge >= 0.3 is 5.82 Å². The van der Waals surface area contributed by atoms with Gasteiger partial charge in [-0.3, -0.25) is 0 Å². The standard InChI is InChI=1S/C11H9F2N3O2/c1-7(9-6-8(12)2-3-10(9)13)15-5-4-11(14-15)16(17)18/h2-7H,1H3/t7-/m1/s1. The number of nitro groups is 1. The SMILES string of the molecule is C[C@H](c1cc(F)ccc1F)n1ccc([N+](=O)[O-])n1. The minimum absolute atomic E-state index is 0.0907. The monoisotopic (exact) mass is 253 g/mol. The highest BCUT2D eigenvalue weighted by Crippen LogP contribution is 2.22. The van der Waals surface area contributed by atoms with Crippen LogP contribution in [0.2, 0.25) is 0 Å². The van der Waals surface area contributed by atoms with E-state index >= 15 is 0 Å². The molecular formula is C11H9F2N3O2. The average molecular weight is 253 g/mol. The first-order chi connectivity index (χ1) is 8.49. The molecule has 1 heterocycles. The van der Waals surface area contributed by atoms with Crippen molar-refractivity contribution < 1.29 is 13.7 Å². The van der Waals surface area contributed by atoms with Gasteiger partial charge in [0.25, 0.3) is 0 Å². The molecule has 94 valence electrons. The molecule has 1 atom stereocenters. The summed E-state index contributed by atoms with van der Waals surface area (Å²) >= 11 is 0. The summed E-state index contributed by atoms with van der Waals surface area (Å²) in [7, 11) is 0. The van der Waals surface area contributed by atoms with Crippen molar-refractivity contribution in [1.29, 1.82) is 0 Å². The molecule has 18 heavy (non-hydrogen) atoms. The molecule has 0 aliphatic carbocycles. The maximum absolute atomic E-state index is 13.5. The molecule has 1 aromatic carbocycles. The molecule has 1 aromatic heterocycles. The molecule has 0 radical (unpaired) electrons. The van der Waals surface area contributed by atoms with E-state index in [1.807, 2.05) is 0 Å². The first-order valence-corrected chi connectivity index (χ1v) is 5.13. The van der Waals surface area contributed by atoms with Crippen LogP contribution in [0.5, 0.6) is 0 Å². The lowest BCUT2D eigenvalue weighted by molar-refractivity contribution is -0.389. The Balaban J connectivity index is 2.37. The largest absolute Gasteiger partial charge is 0.389 e. The summed E-state index contributed by atoms with van der Waals surface area (Å²) in [5.74, 6) is -1.49. The van der Waals surface area contributed by atoms with Crippen molar-refractivity contribution in [2.24, 2.45) is 0 Å². The lowest BCUT2D eigenvalue weighted by atomic mass is 10.1. The Labute approximate surface area is 101 Å². The smallest absolute Gasteiger partial charge is 0.358 e. The van der Waals surface area contributed by atoms with Crippen molar-refractivity contribution in [3.63, 3.8) is 0 Å². The van der Waals surface area contributed by atoms with Gasteiger partial charge in [0.05, 0.1) is 23.4 Å². The van der Waals surface area contributed by atoms with Gasteiger partial charge in [0.15, 0.2) is 0 Å². The molecule has 0 aliphatic rings. The Morgan fingerprint density at radius 1 is 1.39 bits per heavy atom. The van der Waals surface area contributed by atoms with Crippen LogP contribution in [-0.2, 0) is 0 Å². The van der Waals surface area contributed by atoms with E-state index in [0.29, 0.717) is 0 Å². The minimum Gasteiger partial charge on any atom is -0.358 e. The lowest BCUT2D eigenvalue weighted by Gasteiger charge is -2.10. The van der Waals surface area contributed by atoms with Crippen molar-refractivity contribution in [2.45, 2.75) is 13.0 Å². The van der Waals surface area contributed by atoms with E-state index in [4.69, 9.17) is 0 Å². The van der Waals surface area contributed by atoms with E-state index in [9.17, 15) is 18.9 Å². The van der Waals surface area contributed by atoms with Gasteiger partial charge in [-0.1, -0.05) is 0 Å². The molecule has 0 amide bonds. The van der Waals surface area contributed by atoms with E-state index in [1.54, 1.807) is 6.92 Å². The number of nitrogens with zero attached hydrogens (tertiary/aromatic N) is 3. The highest BCUT2D eigenvalue weighted by atomic mass is 19.1. The molecule has 7 heteroatoms. The second-order valence-electron chi connectivity index (χ2n) is 3.75. The third kappa shape index (κ3) is 2.20. The van der Waals surface area contributed by atoms with Crippen LogP contribution in [-0.4, -0.2) is 14.7 Å². The molecule has 0 spiro atoms. The van der Waals surface area contributed by atoms with Crippen LogP contribution in [0.1, 0.15) is 18.5 Å². The number of hydrogen-bond donors (Lipinski definition) is 0. The van der Waals surface area contributed by atoms with Gasteiger partial charge in [0.1, 0.15) is 11.6 Å². The maximum atomic E-state index is 13.5. The highest BCUT2D eigenvalue weighted by molar-refractivity contribution is 5.24. The molecule has 0 aliphatic heterocycles. The zero-order valence-corrected chi connectivity index (χ0v) is 9.38. The zero-order valence-electron chi connectivity index (χ0n) is 9.38. The Morgan fingerprint density at radius 3 is 2.72 bits per heavy atom. The van der Waals surface area contributed by atoms with E-state index in [-0.39, 0.29) is 11.4 Å². The Bertz CT molecular complexity index is 598. The van der Waals surface area contributed by atoms with E-state index in [1.165, 1.54) is 16.9 Å². The molecule has 0 bridgehead atoms. The molecule has 0 fully saturated rings. The van der Waals surface area contributed by atoms with Gasteiger partial charge in [-0.05, 0) is 30.0 Å². The second-order valence-corrected chi connectivity index (χ2v) is 3.75. The van der Waals surface area contributed by atoms with Crippen LogP contribution >= 0.6 is 0 Å². The Morgan fingerprint density at radius 2 is 2.11 bits per heavy atom. The van der Waals surface area contributed by atoms with Gasteiger partial charge in [0.2, 0.25) is 0 Å². The maximum Gasteiger partial charge on any atom is 0.389 e. The van der Waals surface area contributed by atoms with Gasteiger partial charge in [-0.25, -0.2) is 8.78 Å². The third-order valence-electron chi connectivity index (χ3n) is 2.59. The molecule has 0 N–H and O–H groups in total. The van der Waals surface area contributed by atoms with Crippen LogP contribution in [0, 0.1) is 21.7 Å². The highest BCUT2D eigenvalue weighted by Gasteiger charge is 2.19. The van der Waals surface area contributed by atoms with Gasteiger partial charge < -0.3 is 10.1 Å². The summed E-state index contributed by atoms with van der Waals surface area (Å²) in [6.45, 7) is 1.58. The number of benzene rings is 1. The fourth-order valence-corrected chi connectivity index (χ4v) is 1.62. The molecule has 0 saturated heterocycles. The fourth-order valence-electron chi connectivity index (χ4n) is 1.62. The van der Waals surface area contributed by atoms with Crippen molar-refractivity contribution >= 4 is 5.82 Å². The van der Waals surface area contributed by atoms with Gasteiger partial charge in [-0.15, -0.1) is 0 Å². The first kappa shape index (κ1) is 12.2. The topological polar surface area (TPSA) is 61.0 Å². The molecule has 2 aromatic rings. The number of hydrogen-bond acceptors (Lipinski definition) is 3. The Kier molecular flexibility index (Phi) is 3.05. The zero-order chi connectivity index (χ0) is 13.3. The van der Waals surface area contributed by atoms with E-state index < -0.39 is 22.6 Å². The normalized spacial score (nSPS) is 12.4. The predicted molar refractivity (Wildman–Crippen MR) is 59.1 cm³/mol. The van der Waals surface area contributed by atoms with Crippen molar-refractivity contribution in [3.05, 3.63) is 57.8 Å². The summed E-state index contributed by atoms with van der Waals surface area (Å²) in [6.07, 6.45) is 1.35. The van der Waals surface area contributed by atoms with E-state index in [0.717, 1.165) is 18.2 Å². The van der Waals surface area contributed by atoms with Crippen LogP contribution in [0.3, 0.4) is 0 Å². The van der Waals surface area contributed by atoms with Crippen molar-refractivity contribution in [3.8, 4) is 0 Å². The van der Waals surface area contributed by atoms with Crippen LogP contribution in [0.4, 0.5) is 14.6 Å². The summed E-state index contributed by atoms with van der Waals surface area (Å²) < 4.78 is 27.8. The van der Waals surface area contributed by atoms with Crippen molar-refractivity contribution in [2.75, 3.05) is 0 Å². The number of aromatic nitrogens is 2. The van der Waals surface area contributed by atoms with Gasteiger partial charge in [-0.2, -0.15) is 4.68 Å². The number of rotatable bonds is 3. The second kappa shape index (κ2) is 4.52. The molecule has 5 nitrogen and oxygen atoms in total. The summed E-state index contributed by atoms with van der Waals surface area (Å²) in [5.41, 5.74) is 0.0907. The molecular weight excluding hydrogens is 244 g/mol. The Hall–Kier alpha value is -2.31. The van der Waals surface area contributed by atoms with E-state index in [2.05, 4.69) is 5.10 Å². The van der Waals surface area contributed by atoms with Crippen LogP contribution < -0.4 is 0 Å². The minimum atomic E-state index is -0.648. The van der Waals surface area contributed by atoms with Crippen molar-refractivity contribution in [1.82, 2.24) is 9.78 Å². The fraction of sp³-hybridized carbons (Fsp3) is 0.182. The number of halogens is 2. The molecule has 2 rings (SSSR count). The summed E-state index contributed by atoms with van der Waals surface area (Å²) in [6, 6.07) is 3.64. The molecule has 0 unspecified atom stereocenters.